The Morgan fingerprint density at radius 3 is 2.27 bits per heavy atom. The highest BCUT2D eigenvalue weighted by Gasteiger charge is 2.46. The lowest BCUT2D eigenvalue weighted by molar-refractivity contribution is 0.137. The van der Waals surface area contributed by atoms with Crippen LogP contribution < -0.4 is 9.47 Å². The molecule has 0 N–H and O–H groups in total. The van der Waals surface area contributed by atoms with Gasteiger partial charge in [-0.2, -0.15) is 0 Å². The fourth-order valence-corrected chi connectivity index (χ4v) is 5.14. The first-order chi connectivity index (χ1) is 12.6. The Balaban J connectivity index is 1.77. The van der Waals surface area contributed by atoms with E-state index in [1.165, 1.54) is 36.0 Å². The number of rotatable bonds is 4. The number of hydrogen-bond donors (Lipinski definition) is 0. The zero-order chi connectivity index (χ0) is 18.3. The average molecular weight is 351 g/mol. The summed E-state index contributed by atoms with van der Waals surface area (Å²) in [7, 11) is 5.72. The van der Waals surface area contributed by atoms with E-state index in [1.54, 1.807) is 14.2 Å². The number of likely N-dealkylation sites (N-methyl/N-ethyl adjacent to an activating group) is 1. The fourth-order valence-electron chi connectivity index (χ4n) is 5.14. The van der Waals surface area contributed by atoms with Crippen molar-refractivity contribution in [1.29, 1.82) is 0 Å². The lowest BCUT2D eigenvalue weighted by atomic mass is 9.72. The van der Waals surface area contributed by atoms with Gasteiger partial charge < -0.3 is 9.47 Å². The predicted octanol–water partition coefficient (Wildman–Crippen LogP) is 4.75. The maximum atomic E-state index is 5.59. The summed E-state index contributed by atoms with van der Waals surface area (Å²) in [5.41, 5.74) is 4.16. The third kappa shape index (κ3) is 2.88. The van der Waals surface area contributed by atoms with E-state index in [0.717, 1.165) is 11.5 Å². The molecule has 0 spiro atoms. The molecule has 2 aliphatic rings. The highest BCUT2D eigenvalue weighted by molar-refractivity contribution is 5.46. The van der Waals surface area contributed by atoms with Crippen molar-refractivity contribution in [3.63, 3.8) is 0 Å². The molecule has 3 heteroatoms. The number of fused-ring (bicyclic) bond motifs is 2. The van der Waals surface area contributed by atoms with Gasteiger partial charge in [-0.15, -0.1) is 0 Å². The third-order valence-corrected chi connectivity index (χ3v) is 6.57. The van der Waals surface area contributed by atoms with Crippen LogP contribution in [-0.4, -0.2) is 38.3 Å². The van der Waals surface area contributed by atoms with Gasteiger partial charge in [0.1, 0.15) is 0 Å². The van der Waals surface area contributed by atoms with Gasteiger partial charge in [-0.1, -0.05) is 35.9 Å². The Morgan fingerprint density at radius 1 is 0.885 bits per heavy atom. The van der Waals surface area contributed by atoms with Crippen molar-refractivity contribution in [3.05, 3.63) is 59.2 Å². The first-order valence-electron chi connectivity index (χ1n) is 9.62. The minimum atomic E-state index is 0.487. The summed E-state index contributed by atoms with van der Waals surface area (Å²) in [6, 6.07) is 17.0. The quantitative estimate of drug-likeness (QED) is 0.794. The zero-order valence-corrected chi connectivity index (χ0v) is 16.2. The monoisotopic (exact) mass is 351 g/mol. The summed E-state index contributed by atoms with van der Waals surface area (Å²) in [5, 5.41) is 0. The van der Waals surface area contributed by atoms with Crippen LogP contribution in [0, 0.1) is 6.92 Å². The summed E-state index contributed by atoms with van der Waals surface area (Å²) < 4.78 is 11.0. The summed E-state index contributed by atoms with van der Waals surface area (Å²) >= 11 is 0. The van der Waals surface area contributed by atoms with Crippen LogP contribution in [0.3, 0.4) is 0 Å². The number of hydrogen-bond acceptors (Lipinski definition) is 3. The molecule has 2 aliphatic heterocycles. The smallest absolute Gasteiger partial charge is 0.160 e. The number of ether oxygens (including phenoxy) is 2. The molecule has 3 nitrogen and oxygen atoms in total. The SMILES string of the molecule is COc1ccc([C@@H]2C3CCC(C[C@H]2c2ccc(C)cc2)N3C)cc1OC. The Bertz CT molecular complexity index is 770. The van der Waals surface area contributed by atoms with Crippen LogP contribution in [-0.2, 0) is 0 Å². The van der Waals surface area contributed by atoms with Crippen molar-refractivity contribution < 1.29 is 9.47 Å². The van der Waals surface area contributed by atoms with Crippen LogP contribution in [0.25, 0.3) is 0 Å². The molecular formula is C23H29NO2. The first kappa shape index (κ1) is 17.4. The van der Waals surface area contributed by atoms with E-state index in [0.29, 0.717) is 23.9 Å². The Labute approximate surface area is 156 Å². The van der Waals surface area contributed by atoms with E-state index in [4.69, 9.17) is 9.47 Å². The molecule has 2 aromatic rings. The van der Waals surface area contributed by atoms with E-state index in [-0.39, 0.29) is 0 Å². The van der Waals surface area contributed by atoms with E-state index in [9.17, 15) is 0 Å². The Hall–Kier alpha value is -2.00. The molecule has 2 fully saturated rings. The van der Waals surface area contributed by atoms with E-state index in [2.05, 4.69) is 61.3 Å². The predicted molar refractivity (Wildman–Crippen MR) is 105 cm³/mol. The summed E-state index contributed by atoms with van der Waals surface area (Å²) in [4.78, 5) is 2.62. The minimum Gasteiger partial charge on any atom is -0.493 e. The topological polar surface area (TPSA) is 21.7 Å². The van der Waals surface area contributed by atoms with Crippen LogP contribution in [0.1, 0.15) is 47.8 Å². The molecule has 2 unspecified atom stereocenters. The Morgan fingerprint density at radius 2 is 1.58 bits per heavy atom. The van der Waals surface area contributed by atoms with Gasteiger partial charge in [-0.05, 0) is 62.4 Å². The molecule has 0 radical (unpaired) electrons. The number of aryl methyl sites for hydroxylation is 1. The highest BCUT2D eigenvalue weighted by Crippen LogP contribution is 2.51. The Kier molecular flexibility index (Phi) is 4.66. The van der Waals surface area contributed by atoms with Gasteiger partial charge in [0.15, 0.2) is 11.5 Å². The maximum absolute atomic E-state index is 5.59. The maximum Gasteiger partial charge on any atom is 0.160 e. The normalized spacial score (nSPS) is 28.2. The van der Waals surface area contributed by atoms with E-state index < -0.39 is 0 Å². The molecule has 138 valence electrons. The molecule has 2 aromatic carbocycles. The van der Waals surface area contributed by atoms with Gasteiger partial charge in [-0.3, -0.25) is 4.90 Å². The van der Waals surface area contributed by atoms with E-state index in [1.807, 2.05) is 0 Å². The van der Waals surface area contributed by atoms with Gasteiger partial charge in [0.05, 0.1) is 14.2 Å². The molecule has 0 amide bonds. The number of nitrogens with zero attached hydrogens (tertiary/aromatic N) is 1. The largest absolute Gasteiger partial charge is 0.493 e. The molecule has 2 bridgehead atoms. The van der Waals surface area contributed by atoms with Crippen LogP contribution in [0.15, 0.2) is 42.5 Å². The number of piperidine rings is 1. The molecule has 0 saturated carbocycles. The first-order valence-corrected chi connectivity index (χ1v) is 9.62. The minimum absolute atomic E-state index is 0.487. The number of methoxy groups -OCH3 is 2. The zero-order valence-electron chi connectivity index (χ0n) is 16.2. The van der Waals surface area contributed by atoms with Gasteiger partial charge in [-0.25, -0.2) is 0 Å². The standard InChI is InChI=1S/C23H29NO2/c1-15-5-7-16(8-6-15)19-14-18-10-11-20(24(18)2)23(19)17-9-12-21(25-3)22(13-17)26-4/h5-9,12-13,18-20,23H,10-11,14H2,1-4H3/t18?,19-,20?,23-/m0/s1. The average Bonchev–Trinajstić information content (AvgIpc) is 2.90. The van der Waals surface area contributed by atoms with Gasteiger partial charge >= 0.3 is 0 Å². The van der Waals surface area contributed by atoms with Crippen molar-refractivity contribution in [3.8, 4) is 11.5 Å². The fraction of sp³-hybridized carbons (Fsp3) is 0.478. The molecular weight excluding hydrogens is 322 g/mol. The van der Waals surface area contributed by atoms with Crippen molar-refractivity contribution in [2.75, 3.05) is 21.3 Å². The highest BCUT2D eigenvalue weighted by atomic mass is 16.5. The molecule has 0 aliphatic carbocycles. The van der Waals surface area contributed by atoms with Crippen LogP contribution in [0.4, 0.5) is 0 Å². The van der Waals surface area contributed by atoms with Crippen LogP contribution >= 0.6 is 0 Å². The van der Waals surface area contributed by atoms with Crippen molar-refractivity contribution in [2.45, 2.75) is 50.1 Å². The second kappa shape index (κ2) is 6.96. The van der Waals surface area contributed by atoms with Gasteiger partial charge in [0, 0.05) is 18.0 Å². The van der Waals surface area contributed by atoms with Gasteiger partial charge in [0.25, 0.3) is 0 Å². The van der Waals surface area contributed by atoms with Gasteiger partial charge in [0.2, 0.25) is 0 Å². The van der Waals surface area contributed by atoms with Crippen LogP contribution in [0.5, 0.6) is 11.5 Å². The van der Waals surface area contributed by atoms with Crippen molar-refractivity contribution in [1.82, 2.24) is 4.90 Å². The molecule has 4 atom stereocenters. The van der Waals surface area contributed by atoms with E-state index >= 15 is 0 Å². The lowest BCUT2D eigenvalue weighted by Gasteiger charge is -2.44. The molecule has 2 saturated heterocycles. The summed E-state index contributed by atoms with van der Waals surface area (Å²) in [5.74, 6) is 2.68. The molecule has 2 heterocycles. The van der Waals surface area contributed by atoms with Crippen molar-refractivity contribution in [2.24, 2.45) is 0 Å². The van der Waals surface area contributed by atoms with Crippen molar-refractivity contribution >= 4 is 0 Å². The lowest BCUT2D eigenvalue weighted by Crippen LogP contribution is -2.44. The summed E-state index contributed by atoms with van der Waals surface area (Å²) in [6.45, 7) is 2.16. The molecule has 0 aromatic heterocycles. The van der Waals surface area contributed by atoms with Crippen LogP contribution in [0.2, 0.25) is 0 Å². The molecule has 4 rings (SSSR count). The second-order valence-electron chi connectivity index (χ2n) is 7.86. The molecule has 26 heavy (non-hydrogen) atoms. The summed E-state index contributed by atoms with van der Waals surface area (Å²) in [6.07, 6.45) is 3.82. The third-order valence-electron chi connectivity index (χ3n) is 6.57. The number of benzene rings is 2. The second-order valence-corrected chi connectivity index (χ2v) is 7.86.